The van der Waals surface area contributed by atoms with Crippen molar-refractivity contribution in [3.8, 4) is 10.4 Å². The lowest BCUT2D eigenvalue weighted by atomic mass is 9.89. The van der Waals surface area contributed by atoms with Gasteiger partial charge in [0.2, 0.25) is 0 Å². The molecule has 2 rings (SSSR count). The van der Waals surface area contributed by atoms with Crippen LogP contribution in [0.15, 0.2) is 17.9 Å². The zero-order chi connectivity index (χ0) is 11.1. The monoisotopic (exact) mass is 221 g/mol. The average molecular weight is 221 g/mol. The number of rotatable bonds is 1. The van der Waals surface area contributed by atoms with Crippen LogP contribution >= 0.6 is 11.3 Å². The van der Waals surface area contributed by atoms with Crippen molar-refractivity contribution in [2.45, 2.75) is 26.2 Å². The maximum absolute atomic E-state index is 4.33. The largest absolute Gasteiger partial charge is 0.271 e. The van der Waals surface area contributed by atoms with Crippen LogP contribution in [0.5, 0.6) is 0 Å². The third-order valence-electron chi connectivity index (χ3n) is 2.35. The Morgan fingerprint density at radius 3 is 2.53 bits per heavy atom. The number of aromatic nitrogens is 3. The minimum Gasteiger partial charge on any atom is -0.271 e. The number of aryl methyl sites for hydroxylation is 1. The number of hydrogen-bond donors (Lipinski definition) is 0. The highest BCUT2D eigenvalue weighted by atomic mass is 32.1. The van der Waals surface area contributed by atoms with Crippen LogP contribution in [0.25, 0.3) is 10.4 Å². The molecule has 2 heterocycles. The van der Waals surface area contributed by atoms with E-state index in [4.69, 9.17) is 0 Å². The van der Waals surface area contributed by atoms with Gasteiger partial charge in [0.1, 0.15) is 0 Å². The molecule has 80 valence electrons. The molecule has 0 spiro atoms. The minimum absolute atomic E-state index is 0.102. The summed E-state index contributed by atoms with van der Waals surface area (Å²) in [4.78, 5) is 5.30. The van der Waals surface area contributed by atoms with E-state index < -0.39 is 0 Å². The van der Waals surface area contributed by atoms with E-state index in [1.165, 1.54) is 16.1 Å². The highest BCUT2D eigenvalue weighted by Gasteiger charge is 2.23. The fraction of sp³-hybridized carbons (Fsp3) is 0.455. The second kappa shape index (κ2) is 3.45. The van der Waals surface area contributed by atoms with E-state index in [1.807, 2.05) is 29.6 Å². The molecule has 0 aliphatic carbocycles. The van der Waals surface area contributed by atoms with Crippen molar-refractivity contribution in [2.75, 3.05) is 0 Å². The van der Waals surface area contributed by atoms with Crippen LogP contribution < -0.4 is 0 Å². The summed E-state index contributed by atoms with van der Waals surface area (Å²) in [5.74, 6) is 0. The second-order valence-electron chi connectivity index (χ2n) is 4.65. The Morgan fingerprint density at radius 2 is 2.00 bits per heavy atom. The van der Waals surface area contributed by atoms with Gasteiger partial charge in [-0.25, -0.2) is 0 Å². The van der Waals surface area contributed by atoms with Crippen molar-refractivity contribution in [1.82, 2.24) is 14.8 Å². The van der Waals surface area contributed by atoms with E-state index >= 15 is 0 Å². The van der Waals surface area contributed by atoms with Gasteiger partial charge in [0.25, 0.3) is 0 Å². The Kier molecular flexibility index (Phi) is 2.38. The van der Waals surface area contributed by atoms with Crippen molar-refractivity contribution in [2.24, 2.45) is 7.05 Å². The zero-order valence-corrected chi connectivity index (χ0v) is 10.3. The van der Waals surface area contributed by atoms with E-state index in [0.717, 1.165) is 0 Å². The molecule has 0 atom stereocenters. The molecule has 0 saturated heterocycles. The summed E-state index contributed by atoms with van der Waals surface area (Å²) < 4.78 is 1.95. The quantitative estimate of drug-likeness (QED) is 0.741. The van der Waals surface area contributed by atoms with Crippen molar-refractivity contribution in [1.29, 1.82) is 0 Å². The van der Waals surface area contributed by atoms with Gasteiger partial charge in [-0.05, 0) is 0 Å². The molecule has 3 nitrogen and oxygen atoms in total. The highest BCUT2D eigenvalue weighted by molar-refractivity contribution is 7.13. The van der Waals surface area contributed by atoms with Crippen molar-refractivity contribution in [3.63, 3.8) is 0 Å². The number of thiazole rings is 1. The molecule has 0 fully saturated rings. The first kappa shape index (κ1) is 10.4. The van der Waals surface area contributed by atoms with Gasteiger partial charge in [-0.15, -0.1) is 11.3 Å². The third kappa shape index (κ3) is 1.81. The van der Waals surface area contributed by atoms with Crippen LogP contribution in [0.2, 0.25) is 0 Å². The molecule has 15 heavy (non-hydrogen) atoms. The maximum atomic E-state index is 4.33. The molecule has 0 amide bonds. The molecule has 0 radical (unpaired) electrons. The van der Waals surface area contributed by atoms with Crippen LogP contribution in [0.1, 0.15) is 26.5 Å². The number of hydrogen-bond acceptors (Lipinski definition) is 3. The normalized spacial score (nSPS) is 12.0. The fourth-order valence-electron chi connectivity index (χ4n) is 1.86. The Bertz CT molecular complexity index is 449. The van der Waals surface area contributed by atoms with Crippen LogP contribution in [0.4, 0.5) is 0 Å². The second-order valence-corrected chi connectivity index (χ2v) is 5.53. The number of nitrogens with zero attached hydrogens (tertiary/aromatic N) is 3. The standard InChI is InChI=1S/C11H15N3S/c1-11(2,3)10-8(5-13-14(10)4)9-6-12-7-15-9/h5-7H,1-4H3. The zero-order valence-electron chi connectivity index (χ0n) is 9.48. The van der Waals surface area contributed by atoms with E-state index in [9.17, 15) is 0 Å². The summed E-state index contributed by atoms with van der Waals surface area (Å²) in [6.07, 6.45) is 3.82. The lowest BCUT2D eigenvalue weighted by molar-refractivity contribution is 0.524. The van der Waals surface area contributed by atoms with Gasteiger partial charge in [0, 0.05) is 24.2 Å². The van der Waals surface area contributed by atoms with Crippen molar-refractivity contribution in [3.05, 3.63) is 23.6 Å². The van der Waals surface area contributed by atoms with Gasteiger partial charge in [0.05, 0.1) is 22.3 Å². The predicted octanol–water partition coefficient (Wildman–Crippen LogP) is 2.84. The Labute approximate surface area is 93.8 Å². The molecule has 0 aromatic carbocycles. The van der Waals surface area contributed by atoms with Gasteiger partial charge in [-0.2, -0.15) is 5.10 Å². The van der Waals surface area contributed by atoms with Gasteiger partial charge < -0.3 is 0 Å². The molecule has 4 heteroatoms. The third-order valence-corrected chi connectivity index (χ3v) is 3.15. The first-order chi connectivity index (χ1) is 7.00. The van der Waals surface area contributed by atoms with Crippen LogP contribution in [-0.4, -0.2) is 14.8 Å². The maximum Gasteiger partial charge on any atom is 0.0798 e. The summed E-state index contributed by atoms with van der Waals surface area (Å²) in [5, 5.41) is 4.33. The SMILES string of the molecule is Cn1ncc(-c2cncs2)c1C(C)(C)C. The molecule has 2 aromatic rings. The summed E-state index contributed by atoms with van der Waals surface area (Å²) >= 11 is 1.66. The van der Waals surface area contributed by atoms with Gasteiger partial charge >= 0.3 is 0 Å². The predicted molar refractivity (Wildman–Crippen MR) is 63.0 cm³/mol. The molecular formula is C11H15N3S. The van der Waals surface area contributed by atoms with E-state index in [1.54, 1.807) is 11.3 Å². The Hall–Kier alpha value is -1.16. The van der Waals surface area contributed by atoms with Crippen molar-refractivity contribution < 1.29 is 0 Å². The molecule has 0 bridgehead atoms. The van der Waals surface area contributed by atoms with E-state index in [0.29, 0.717) is 0 Å². The minimum atomic E-state index is 0.102. The summed E-state index contributed by atoms with van der Waals surface area (Å²) in [5.41, 5.74) is 4.42. The smallest absolute Gasteiger partial charge is 0.0798 e. The van der Waals surface area contributed by atoms with Gasteiger partial charge in [-0.1, -0.05) is 20.8 Å². The highest BCUT2D eigenvalue weighted by Crippen LogP contribution is 2.33. The van der Waals surface area contributed by atoms with Crippen LogP contribution in [-0.2, 0) is 12.5 Å². The Balaban J connectivity index is 2.59. The van der Waals surface area contributed by atoms with E-state index in [2.05, 4.69) is 30.9 Å². The molecule has 2 aromatic heterocycles. The lowest BCUT2D eigenvalue weighted by Gasteiger charge is -2.20. The molecule has 0 aliphatic rings. The van der Waals surface area contributed by atoms with Crippen molar-refractivity contribution >= 4 is 11.3 Å². The fourth-order valence-corrected chi connectivity index (χ4v) is 2.49. The summed E-state index contributed by atoms with van der Waals surface area (Å²) in [7, 11) is 1.99. The molecule has 0 unspecified atom stereocenters. The van der Waals surface area contributed by atoms with Gasteiger partial charge in [-0.3, -0.25) is 9.67 Å². The van der Waals surface area contributed by atoms with Crippen LogP contribution in [0.3, 0.4) is 0 Å². The molecule has 0 aliphatic heterocycles. The topological polar surface area (TPSA) is 30.7 Å². The molecule has 0 N–H and O–H groups in total. The summed E-state index contributed by atoms with van der Waals surface area (Å²) in [6, 6.07) is 0. The first-order valence-corrected chi connectivity index (χ1v) is 5.79. The summed E-state index contributed by atoms with van der Waals surface area (Å²) in [6.45, 7) is 6.61. The molecular weight excluding hydrogens is 206 g/mol. The lowest BCUT2D eigenvalue weighted by Crippen LogP contribution is -2.17. The average Bonchev–Trinajstić information content (AvgIpc) is 2.68. The van der Waals surface area contributed by atoms with Gasteiger partial charge in [0.15, 0.2) is 0 Å². The molecule has 0 saturated carbocycles. The van der Waals surface area contributed by atoms with Crippen LogP contribution in [0, 0.1) is 0 Å². The Morgan fingerprint density at radius 1 is 1.27 bits per heavy atom. The first-order valence-electron chi connectivity index (χ1n) is 4.91. The van der Waals surface area contributed by atoms with E-state index in [-0.39, 0.29) is 5.41 Å².